The minimum absolute atomic E-state index is 0.335. The Bertz CT molecular complexity index is 745. The molecule has 2 aromatic rings. The number of amides is 2. The maximum Gasteiger partial charge on any atom is 0.316 e. The summed E-state index contributed by atoms with van der Waals surface area (Å²) in [5, 5.41) is 8.92. The molecule has 1 fully saturated rings. The van der Waals surface area contributed by atoms with Crippen molar-refractivity contribution in [2.45, 2.75) is 18.9 Å². The Kier molecular flexibility index (Phi) is 7.71. The molecule has 1 aliphatic rings. The molecule has 1 aliphatic heterocycles. The van der Waals surface area contributed by atoms with Crippen molar-refractivity contribution >= 4 is 29.3 Å². The number of likely N-dealkylation sites (N-methyl/N-ethyl adjacent to an activating group) is 1. The molecule has 2 amide bonds. The number of nitrogens with two attached hydrogens (primary N) is 1. The van der Waals surface area contributed by atoms with E-state index >= 15 is 0 Å². The maximum absolute atomic E-state index is 13.1. The summed E-state index contributed by atoms with van der Waals surface area (Å²) < 4.78 is 13.1. The Hall–Kier alpha value is -2.29. The van der Waals surface area contributed by atoms with Crippen LogP contribution in [-0.2, 0) is 0 Å². The molecule has 0 aliphatic carbocycles. The molecule has 8 heteroatoms. The van der Waals surface area contributed by atoms with Gasteiger partial charge in [0.2, 0.25) is 0 Å². The molecule has 1 aromatic carbocycles. The Morgan fingerprint density at radius 2 is 2.23 bits per heavy atom. The molecule has 0 saturated carbocycles. The van der Waals surface area contributed by atoms with Crippen LogP contribution in [0.4, 0.5) is 14.9 Å². The van der Waals surface area contributed by atoms with E-state index < -0.39 is 6.03 Å². The van der Waals surface area contributed by atoms with Gasteiger partial charge >= 0.3 is 6.03 Å². The Morgan fingerprint density at radius 1 is 1.42 bits per heavy atom. The summed E-state index contributed by atoms with van der Waals surface area (Å²) in [7, 11) is 2.03. The number of thiophene rings is 1. The molecule has 1 aromatic heterocycles. The molecule has 5 N–H and O–H groups in total. The Balaban J connectivity index is 0.000000254. The molecular formula is C18H23FN4O2S. The SMILES string of the molecule is CN[C@H]1CCCNC1.NC(=O)Nc1cc(-c2cccc(F)c2)sc1C=O. The summed E-state index contributed by atoms with van der Waals surface area (Å²) in [5.74, 6) is -0.363. The van der Waals surface area contributed by atoms with Gasteiger partial charge in [-0.2, -0.15) is 0 Å². The Labute approximate surface area is 156 Å². The number of urea groups is 1. The van der Waals surface area contributed by atoms with Crippen LogP contribution < -0.4 is 21.7 Å². The molecule has 0 spiro atoms. The van der Waals surface area contributed by atoms with Crippen LogP contribution in [0, 0.1) is 5.82 Å². The summed E-state index contributed by atoms with van der Waals surface area (Å²) >= 11 is 1.16. The number of nitrogens with one attached hydrogen (secondary N) is 3. The molecule has 0 bridgehead atoms. The highest BCUT2D eigenvalue weighted by atomic mass is 32.1. The highest BCUT2D eigenvalue weighted by Gasteiger charge is 2.11. The lowest BCUT2D eigenvalue weighted by molar-refractivity contribution is 0.112. The number of hydrogen-bond acceptors (Lipinski definition) is 5. The van der Waals surface area contributed by atoms with Crippen molar-refractivity contribution in [3.63, 3.8) is 0 Å². The van der Waals surface area contributed by atoms with Crippen molar-refractivity contribution in [3.05, 3.63) is 41.0 Å². The first-order valence-corrected chi connectivity index (χ1v) is 9.14. The van der Waals surface area contributed by atoms with Crippen LogP contribution in [0.5, 0.6) is 0 Å². The zero-order valence-corrected chi connectivity index (χ0v) is 15.4. The van der Waals surface area contributed by atoms with Crippen LogP contribution in [-0.4, -0.2) is 38.5 Å². The zero-order valence-electron chi connectivity index (χ0n) is 14.5. The third kappa shape index (κ3) is 5.91. The van der Waals surface area contributed by atoms with Gasteiger partial charge in [-0.05, 0) is 50.2 Å². The summed E-state index contributed by atoms with van der Waals surface area (Å²) in [6.45, 7) is 2.36. The predicted octanol–water partition coefficient (Wildman–Crippen LogP) is 2.82. The molecule has 0 radical (unpaired) electrons. The Morgan fingerprint density at radius 3 is 2.77 bits per heavy atom. The number of aldehydes is 1. The summed E-state index contributed by atoms with van der Waals surface area (Å²) in [6, 6.07) is 7.55. The van der Waals surface area contributed by atoms with Crippen LogP contribution in [0.15, 0.2) is 30.3 Å². The quantitative estimate of drug-likeness (QED) is 0.615. The number of hydrogen-bond donors (Lipinski definition) is 4. The molecule has 26 heavy (non-hydrogen) atoms. The van der Waals surface area contributed by atoms with Crippen molar-refractivity contribution in [1.82, 2.24) is 10.6 Å². The van der Waals surface area contributed by atoms with Gasteiger partial charge in [0.05, 0.1) is 10.6 Å². The van der Waals surface area contributed by atoms with Crippen molar-refractivity contribution in [2.75, 3.05) is 25.5 Å². The first-order valence-electron chi connectivity index (χ1n) is 8.33. The van der Waals surface area contributed by atoms with Crippen LogP contribution in [0.3, 0.4) is 0 Å². The zero-order chi connectivity index (χ0) is 18.9. The van der Waals surface area contributed by atoms with Gasteiger partial charge in [0, 0.05) is 17.5 Å². The fourth-order valence-electron chi connectivity index (χ4n) is 2.61. The van der Waals surface area contributed by atoms with Crippen LogP contribution in [0.1, 0.15) is 22.5 Å². The van der Waals surface area contributed by atoms with Crippen molar-refractivity contribution in [3.8, 4) is 10.4 Å². The van der Waals surface area contributed by atoms with Crippen LogP contribution in [0.25, 0.3) is 10.4 Å². The maximum atomic E-state index is 13.1. The van der Waals surface area contributed by atoms with E-state index in [0.717, 1.165) is 23.9 Å². The second-order valence-corrected chi connectivity index (χ2v) is 6.92. The lowest BCUT2D eigenvalue weighted by atomic mass is 10.1. The topological polar surface area (TPSA) is 96.2 Å². The van der Waals surface area contributed by atoms with Gasteiger partial charge in [-0.3, -0.25) is 4.79 Å². The van der Waals surface area contributed by atoms with Crippen molar-refractivity contribution in [1.29, 1.82) is 0 Å². The average Bonchev–Trinajstić information content (AvgIpc) is 3.05. The minimum Gasteiger partial charge on any atom is -0.351 e. The monoisotopic (exact) mass is 378 g/mol. The second-order valence-electron chi connectivity index (χ2n) is 5.84. The summed E-state index contributed by atoms with van der Waals surface area (Å²) in [5.41, 5.74) is 5.97. The fourth-order valence-corrected chi connectivity index (χ4v) is 3.53. The molecule has 0 unspecified atom stereocenters. The lowest BCUT2D eigenvalue weighted by Crippen LogP contribution is -2.41. The predicted molar refractivity (Wildman–Crippen MR) is 103 cm³/mol. The van der Waals surface area contributed by atoms with Gasteiger partial charge in [0.15, 0.2) is 6.29 Å². The van der Waals surface area contributed by atoms with Gasteiger partial charge in [-0.1, -0.05) is 12.1 Å². The number of piperidine rings is 1. The van der Waals surface area contributed by atoms with E-state index in [2.05, 4.69) is 16.0 Å². The molecular weight excluding hydrogens is 355 g/mol. The van der Waals surface area contributed by atoms with Crippen LogP contribution >= 0.6 is 11.3 Å². The number of rotatable bonds is 4. The van der Waals surface area contributed by atoms with E-state index in [1.807, 2.05) is 7.05 Å². The van der Waals surface area contributed by atoms with Gasteiger partial charge in [-0.25, -0.2) is 9.18 Å². The van der Waals surface area contributed by atoms with E-state index in [-0.39, 0.29) is 5.82 Å². The number of benzene rings is 1. The minimum atomic E-state index is -0.748. The lowest BCUT2D eigenvalue weighted by Gasteiger charge is -2.21. The number of carbonyl (C=O) groups excluding carboxylic acids is 2. The fraction of sp³-hybridized carbons (Fsp3) is 0.333. The highest BCUT2D eigenvalue weighted by molar-refractivity contribution is 7.17. The molecule has 1 saturated heterocycles. The molecule has 1 atom stereocenters. The number of anilines is 1. The highest BCUT2D eigenvalue weighted by Crippen LogP contribution is 2.33. The summed E-state index contributed by atoms with van der Waals surface area (Å²) in [6.07, 6.45) is 3.29. The van der Waals surface area contributed by atoms with Crippen molar-refractivity contribution < 1.29 is 14.0 Å². The second kappa shape index (κ2) is 10.0. The van der Waals surface area contributed by atoms with Gasteiger partial charge in [0.25, 0.3) is 0 Å². The third-order valence-electron chi connectivity index (χ3n) is 3.94. The van der Waals surface area contributed by atoms with E-state index in [1.165, 1.54) is 31.5 Å². The largest absolute Gasteiger partial charge is 0.351 e. The number of primary amides is 1. The van der Waals surface area contributed by atoms with E-state index in [4.69, 9.17) is 5.73 Å². The molecule has 140 valence electrons. The molecule has 3 rings (SSSR count). The van der Waals surface area contributed by atoms with Gasteiger partial charge in [-0.15, -0.1) is 11.3 Å². The van der Waals surface area contributed by atoms with E-state index in [9.17, 15) is 14.0 Å². The first-order chi connectivity index (χ1) is 12.5. The van der Waals surface area contributed by atoms with Gasteiger partial charge < -0.3 is 21.7 Å². The standard InChI is InChI=1S/C12H9FN2O2S.C6H14N2/c13-8-3-1-2-7(4-8)10-5-9(15-12(14)17)11(6-16)18-10;1-7-6-3-2-4-8-5-6/h1-6H,(H3,14,15,17);6-8H,2-5H2,1H3/t;6-/m.0/s1. The average molecular weight is 378 g/mol. The summed E-state index contributed by atoms with van der Waals surface area (Å²) in [4.78, 5) is 22.7. The smallest absolute Gasteiger partial charge is 0.316 e. The van der Waals surface area contributed by atoms with Crippen LogP contribution in [0.2, 0.25) is 0 Å². The number of halogens is 1. The molecule has 6 nitrogen and oxygen atoms in total. The normalized spacial score (nSPS) is 16.3. The van der Waals surface area contributed by atoms with Gasteiger partial charge in [0.1, 0.15) is 5.82 Å². The van der Waals surface area contributed by atoms with E-state index in [1.54, 1.807) is 18.2 Å². The number of carbonyl (C=O) groups is 2. The van der Waals surface area contributed by atoms with Crippen molar-refractivity contribution in [2.24, 2.45) is 5.73 Å². The third-order valence-corrected chi connectivity index (χ3v) is 5.05. The van der Waals surface area contributed by atoms with E-state index in [0.29, 0.717) is 27.3 Å². The first kappa shape index (κ1) is 20.0. The molecule has 2 heterocycles.